The number of ether oxygens (including phenoxy) is 1. The van der Waals surface area contributed by atoms with Crippen molar-refractivity contribution in [2.45, 2.75) is 32.2 Å². The number of hydrogen-bond donors (Lipinski definition) is 2. The van der Waals surface area contributed by atoms with Crippen molar-refractivity contribution >= 4 is 39.7 Å². The molecule has 0 saturated carbocycles. The smallest absolute Gasteiger partial charge is 0.241 e. The summed E-state index contributed by atoms with van der Waals surface area (Å²) in [5, 5.41) is 2.83. The topological polar surface area (TPSA) is 102 Å². The Kier molecular flexibility index (Phi) is 6.90. The van der Waals surface area contributed by atoms with E-state index in [-0.39, 0.29) is 30.0 Å². The van der Waals surface area contributed by atoms with Crippen molar-refractivity contribution in [3.63, 3.8) is 0 Å². The summed E-state index contributed by atoms with van der Waals surface area (Å²) in [6.45, 7) is 3.60. The minimum Gasteiger partial charge on any atom is -0.381 e. The molecule has 1 atom stereocenters. The number of rotatable bonds is 4. The Hall–Kier alpha value is -1.35. The Bertz CT molecular complexity index is 750. The maximum Gasteiger partial charge on any atom is 0.241 e. The average molecular weight is 404 g/mol. The van der Waals surface area contributed by atoms with Crippen LogP contribution in [0.5, 0.6) is 0 Å². The van der Waals surface area contributed by atoms with Crippen LogP contribution in [-0.4, -0.2) is 45.9 Å². The van der Waals surface area contributed by atoms with Gasteiger partial charge in [0.1, 0.15) is 0 Å². The van der Waals surface area contributed by atoms with Crippen LogP contribution in [0, 0.1) is 12.8 Å². The Morgan fingerprint density at radius 2 is 2.04 bits per heavy atom. The third-order valence-electron chi connectivity index (χ3n) is 4.92. The predicted molar refractivity (Wildman–Crippen MR) is 104 cm³/mol. The normalized spacial score (nSPS) is 21.1. The molecule has 1 aromatic carbocycles. The minimum atomic E-state index is -3.26. The Labute approximate surface area is 160 Å². The molecule has 3 N–H and O–H groups in total. The van der Waals surface area contributed by atoms with Crippen LogP contribution in [0.1, 0.15) is 24.8 Å². The summed E-state index contributed by atoms with van der Waals surface area (Å²) in [4.78, 5) is 12.4. The van der Waals surface area contributed by atoms with Crippen molar-refractivity contribution in [1.29, 1.82) is 0 Å². The van der Waals surface area contributed by atoms with Gasteiger partial charge in [-0.25, -0.2) is 8.42 Å². The lowest BCUT2D eigenvalue weighted by Gasteiger charge is -2.27. The van der Waals surface area contributed by atoms with E-state index in [2.05, 4.69) is 5.32 Å². The summed E-state index contributed by atoms with van der Waals surface area (Å²) in [5.41, 5.74) is 8.14. The van der Waals surface area contributed by atoms with Gasteiger partial charge in [0.25, 0.3) is 0 Å². The number of halogens is 1. The van der Waals surface area contributed by atoms with Crippen LogP contribution in [0.4, 0.5) is 11.4 Å². The fourth-order valence-electron chi connectivity index (χ4n) is 3.38. The number of hydrogen-bond acceptors (Lipinski definition) is 5. The van der Waals surface area contributed by atoms with E-state index in [1.54, 1.807) is 12.1 Å². The van der Waals surface area contributed by atoms with Gasteiger partial charge in [-0.1, -0.05) is 6.07 Å². The largest absolute Gasteiger partial charge is 0.381 e. The van der Waals surface area contributed by atoms with Gasteiger partial charge in [-0.05, 0) is 49.8 Å². The van der Waals surface area contributed by atoms with Crippen LogP contribution in [0.3, 0.4) is 0 Å². The monoisotopic (exact) mass is 403 g/mol. The Morgan fingerprint density at radius 3 is 2.65 bits per heavy atom. The van der Waals surface area contributed by atoms with E-state index in [0.29, 0.717) is 37.6 Å². The molecule has 0 radical (unpaired) electrons. The molecule has 0 aliphatic carbocycles. The minimum absolute atomic E-state index is 0. The molecular formula is C17H26ClN3O4S. The zero-order valence-corrected chi connectivity index (χ0v) is 16.4. The number of carbonyl (C=O) groups excluding carboxylic acids is 1. The Balaban J connectivity index is 0.00000243. The van der Waals surface area contributed by atoms with Crippen LogP contribution in [0.25, 0.3) is 0 Å². The summed E-state index contributed by atoms with van der Waals surface area (Å²) in [6.07, 6.45) is 2.17. The predicted octanol–water partition coefficient (Wildman–Crippen LogP) is 1.65. The maximum atomic E-state index is 12.4. The van der Waals surface area contributed by atoms with Gasteiger partial charge in [0, 0.05) is 25.4 Å². The molecule has 2 saturated heterocycles. The second-order valence-corrected chi connectivity index (χ2v) is 8.72. The standard InChI is InChI=1S/C17H25N3O4S.ClH/c1-12-3-4-14(11-15(12)20-7-2-10-25(20,22)23)19-17(21)16(18)13-5-8-24-9-6-13;/h3-4,11,13,16H,2,5-10,18H2,1H3,(H,19,21);1H. The van der Waals surface area contributed by atoms with Crippen LogP contribution in [0.15, 0.2) is 18.2 Å². The third kappa shape index (κ3) is 4.49. The summed E-state index contributed by atoms with van der Waals surface area (Å²) in [5.74, 6) is 0.0288. The number of sulfonamides is 1. The van der Waals surface area contributed by atoms with Crippen LogP contribution in [-0.2, 0) is 19.6 Å². The molecule has 7 nitrogen and oxygen atoms in total. The third-order valence-corrected chi connectivity index (χ3v) is 6.78. The highest BCUT2D eigenvalue weighted by molar-refractivity contribution is 7.93. The van der Waals surface area contributed by atoms with Crippen LogP contribution >= 0.6 is 12.4 Å². The summed E-state index contributed by atoms with van der Waals surface area (Å²) >= 11 is 0. The van der Waals surface area contributed by atoms with Gasteiger partial charge in [-0.15, -0.1) is 12.4 Å². The SMILES string of the molecule is Cc1ccc(NC(=O)C(N)C2CCOCC2)cc1N1CCCS1(=O)=O.Cl. The van der Waals surface area contributed by atoms with Crippen molar-refractivity contribution in [3.05, 3.63) is 23.8 Å². The average Bonchev–Trinajstić information content (AvgIpc) is 2.95. The van der Waals surface area contributed by atoms with Crippen molar-refractivity contribution in [1.82, 2.24) is 0 Å². The van der Waals surface area contributed by atoms with Gasteiger partial charge < -0.3 is 15.8 Å². The zero-order chi connectivity index (χ0) is 18.0. The first-order chi connectivity index (χ1) is 11.9. The van der Waals surface area contributed by atoms with Crippen LogP contribution in [0.2, 0.25) is 0 Å². The molecule has 1 amide bonds. The molecule has 146 valence electrons. The highest BCUT2D eigenvalue weighted by atomic mass is 35.5. The second kappa shape index (κ2) is 8.56. The summed E-state index contributed by atoms with van der Waals surface area (Å²) in [7, 11) is -3.26. The Morgan fingerprint density at radius 1 is 1.35 bits per heavy atom. The molecule has 26 heavy (non-hydrogen) atoms. The van der Waals surface area contributed by atoms with Gasteiger partial charge in [-0.3, -0.25) is 9.10 Å². The van der Waals surface area contributed by atoms with Crippen molar-refractivity contribution in [2.24, 2.45) is 11.7 Å². The molecule has 2 aliphatic rings. The number of amides is 1. The van der Waals surface area contributed by atoms with Crippen molar-refractivity contribution in [2.75, 3.05) is 35.1 Å². The quantitative estimate of drug-likeness (QED) is 0.795. The first-order valence-corrected chi connectivity index (χ1v) is 10.2. The highest BCUT2D eigenvalue weighted by Crippen LogP contribution is 2.30. The first-order valence-electron chi connectivity index (χ1n) is 8.64. The zero-order valence-electron chi connectivity index (χ0n) is 14.8. The molecule has 0 spiro atoms. The van der Waals surface area contributed by atoms with Gasteiger partial charge in [0.2, 0.25) is 15.9 Å². The van der Waals surface area contributed by atoms with E-state index in [1.807, 2.05) is 13.0 Å². The molecule has 2 fully saturated rings. The van der Waals surface area contributed by atoms with E-state index < -0.39 is 16.1 Å². The van der Waals surface area contributed by atoms with Crippen LogP contribution < -0.4 is 15.4 Å². The highest BCUT2D eigenvalue weighted by Gasteiger charge is 2.30. The lowest BCUT2D eigenvalue weighted by Crippen LogP contribution is -2.44. The summed E-state index contributed by atoms with van der Waals surface area (Å²) in [6, 6.07) is 4.71. The lowest BCUT2D eigenvalue weighted by molar-refractivity contribution is -0.119. The van der Waals surface area contributed by atoms with E-state index in [9.17, 15) is 13.2 Å². The van der Waals surface area contributed by atoms with E-state index in [1.165, 1.54) is 4.31 Å². The van der Waals surface area contributed by atoms with Crippen molar-refractivity contribution in [3.8, 4) is 0 Å². The fourth-order valence-corrected chi connectivity index (χ4v) is 5.00. The fraction of sp³-hybridized carbons (Fsp3) is 0.588. The first kappa shape index (κ1) is 21.0. The second-order valence-electron chi connectivity index (χ2n) is 6.71. The molecule has 1 aromatic rings. The molecular weight excluding hydrogens is 378 g/mol. The molecule has 0 aromatic heterocycles. The number of carbonyl (C=O) groups is 1. The molecule has 2 heterocycles. The molecule has 9 heteroatoms. The number of anilines is 2. The number of benzene rings is 1. The van der Waals surface area contributed by atoms with Gasteiger partial charge >= 0.3 is 0 Å². The van der Waals surface area contributed by atoms with E-state index in [0.717, 1.165) is 18.4 Å². The molecule has 0 bridgehead atoms. The maximum absolute atomic E-state index is 12.4. The van der Waals surface area contributed by atoms with Gasteiger partial charge in [0.05, 0.1) is 17.5 Å². The summed E-state index contributed by atoms with van der Waals surface area (Å²) < 4.78 is 31.1. The van der Waals surface area contributed by atoms with Gasteiger partial charge in [-0.2, -0.15) is 0 Å². The van der Waals surface area contributed by atoms with E-state index >= 15 is 0 Å². The number of nitrogens with zero attached hydrogens (tertiary/aromatic N) is 1. The number of aryl methyl sites for hydroxylation is 1. The number of nitrogens with two attached hydrogens (primary N) is 1. The molecule has 2 aliphatic heterocycles. The molecule has 3 rings (SSSR count). The lowest BCUT2D eigenvalue weighted by atomic mass is 9.92. The van der Waals surface area contributed by atoms with Gasteiger partial charge in [0.15, 0.2) is 0 Å². The molecule has 1 unspecified atom stereocenters. The number of nitrogens with one attached hydrogen (secondary N) is 1. The van der Waals surface area contributed by atoms with E-state index in [4.69, 9.17) is 10.5 Å². The van der Waals surface area contributed by atoms with Crippen molar-refractivity contribution < 1.29 is 17.9 Å².